The maximum Gasteiger partial charge on any atom is 0.274 e. The lowest BCUT2D eigenvalue weighted by Gasteiger charge is -2.25. The minimum Gasteiger partial charge on any atom is -0.493 e. The second-order valence-corrected chi connectivity index (χ2v) is 7.97. The van der Waals surface area contributed by atoms with Crippen molar-refractivity contribution in [2.24, 2.45) is 0 Å². The van der Waals surface area contributed by atoms with Crippen LogP contribution in [0.1, 0.15) is 41.0 Å². The standard InChI is InChI=1S/C24H32N4O5/c1-17-14-27-20(15-26-17)24(30)28(16-19-5-4-12-33-19)11-9-23(29)25-10-8-18-6-7-21(31-2)22(13-18)32-3/h6-7,13-15,19H,4-5,8-12,16H2,1-3H3,(H,25,29). The first-order valence-electron chi connectivity index (χ1n) is 11.2. The van der Waals surface area contributed by atoms with E-state index in [2.05, 4.69) is 15.3 Å². The molecule has 1 atom stereocenters. The van der Waals surface area contributed by atoms with Crippen LogP contribution in [0, 0.1) is 6.92 Å². The summed E-state index contributed by atoms with van der Waals surface area (Å²) in [7, 11) is 3.19. The van der Waals surface area contributed by atoms with E-state index in [1.165, 1.54) is 6.20 Å². The maximum absolute atomic E-state index is 13.0. The topological polar surface area (TPSA) is 103 Å². The van der Waals surface area contributed by atoms with E-state index < -0.39 is 0 Å². The van der Waals surface area contributed by atoms with Gasteiger partial charge in [-0.3, -0.25) is 14.6 Å². The molecule has 1 aliphatic heterocycles. The molecule has 0 saturated carbocycles. The number of ether oxygens (including phenoxy) is 3. The van der Waals surface area contributed by atoms with Gasteiger partial charge in [0.15, 0.2) is 11.5 Å². The molecule has 1 N–H and O–H groups in total. The SMILES string of the molecule is COc1ccc(CCNC(=O)CCN(CC2CCCO2)C(=O)c2cnc(C)cn2)cc1OC. The molecule has 0 spiro atoms. The Hall–Kier alpha value is -3.20. The molecule has 1 saturated heterocycles. The summed E-state index contributed by atoms with van der Waals surface area (Å²) in [5, 5.41) is 2.92. The lowest BCUT2D eigenvalue weighted by Crippen LogP contribution is -2.40. The zero-order valence-electron chi connectivity index (χ0n) is 19.5. The molecule has 2 aromatic rings. The number of nitrogens with zero attached hydrogens (tertiary/aromatic N) is 3. The van der Waals surface area contributed by atoms with E-state index in [9.17, 15) is 9.59 Å². The summed E-state index contributed by atoms with van der Waals surface area (Å²) in [4.78, 5) is 35.4. The third kappa shape index (κ3) is 7.15. The predicted octanol–water partition coefficient (Wildman–Crippen LogP) is 2.17. The highest BCUT2D eigenvalue weighted by molar-refractivity contribution is 5.92. The van der Waals surface area contributed by atoms with Gasteiger partial charge in [0.2, 0.25) is 5.91 Å². The van der Waals surface area contributed by atoms with Gasteiger partial charge in [0.05, 0.1) is 32.2 Å². The number of carbonyl (C=O) groups excluding carboxylic acids is 2. The van der Waals surface area contributed by atoms with Gasteiger partial charge >= 0.3 is 0 Å². The van der Waals surface area contributed by atoms with Crippen LogP contribution in [-0.2, 0) is 16.0 Å². The van der Waals surface area contributed by atoms with Crippen molar-refractivity contribution in [3.05, 3.63) is 47.5 Å². The van der Waals surface area contributed by atoms with E-state index in [4.69, 9.17) is 14.2 Å². The van der Waals surface area contributed by atoms with Gasteiger partial charge in [-0.25, -0.2) is 4.98 Å². The van der Waals surface area contributed by atoms with E-state index in [0.717, 1.165) is 24.1 Å². The number of hydrogen-bond acceptors (Lipinski definition) is 7. The van der Waals surface area contributed by atoms with E-state index in [0.29, 0.717) is 37.6 Å². The fourth-order valence-electron chi connectivity index (χ4n) is 3.68. The number of aromatic nitrogens is 2. The monoisotopic (exact) mass is 456 g/mol. The quantitative estimate of drug-likeness (QED) is 0.553. The van der Waals surface area contributed by atoms with Crippen molar-refractivity contribution >= 4 is 11.8 Å². The van der Waals surface area contributed by atoms with Crippen LogP contribution in [0.4, 0.5) is 0 Å². The van der Waals surface area contributed by atoms with Crippen molar-refractivity contribution < 1.29 is 23.8 Å². The molecule has 0 radical (unpaired) electrons. The molecular weight excluding hydrogens is 424 g/mol. The summed E-state index contributed by atoms with van der Waals surface area (Å²) >= 11 is 0. The molecule has 2 amide bonds. The molecule has 9 heteroatoms. The smallest absolute Gasteiger partial charge is 0.274 e. The number of aryl methyl sites for hydroxylation is 1. The van der Waals surface area contributed by atoms with Crippen molar-refractivity contribution in [2.45, 2.75) is 38.7 Å². The van der Waals surface area contributed by atoms with Gasteiger partial charge < -0.3 is 24.4 Å². The number of methoxy groups -OCH3 is 2. The van der Waals surface area contributed by atoms with Crippen molar-refractivity contribution in [2.75, 3.05) is 40.5 Å². The molecule has 1 fully saturated rings. The summed E-state index contributed by atoms with van der Waals surface area (Å²) in [6.45, 7) is 3.73. The highest BCUT2D eigenvalue weighted by Gasteiger charge is 2.24. The number of rotatable bonds is 11. The lowest BCUT2D eigenvalue weighted by atomic mass is 10.1. The average Bonchev–Trinajstić information content (AvgIpc) is 3.35. The van der Waals surface area contributed by atoms with Gasteiger partial charge in [-0.15, -0.1) is 0 Å². The number of hydrogen-bond donors (Lipinski definition) is 1. The van der Waals surface area contributed by atoms with Gasteiger partial charge in [0.25, 0.3) is 5.91 Å². The molecule has 9 nitrogen and oxygen atoms in total. The van der Waals surface area contributed by atoms with Gasteiger partial charge in [-0.2, -0.15) is 0 Å². The van der Waals surface area contributed by atoms with Crippen LogP contribution in [0.5, 0.6) is 11.5 Å². The van der Waals surface area contributed by atoms with Crippen LogP contribution in [0.2, 0.25) is 0 Å². The Morgan fingerprint density at radius 3 is 2.67 bits per heavy atom. The Labute approximate surface area is 194 Å². The first-order valence-corrected chi connectivity index (χ1v) is 11.2. The Morgan fingerprint density at radius 1 is 1.18 bits per heavy atom. The van der Waals surface area contributed by atoms with Crippen molar-refractivity contribution in [1.29, 1.82) is 0 Å². The Balaban J connectivity index is 1.52. The van der Waals surface area contributed by atoms with Crippen LogP contribution in [0.3, 0.4) is 0 Å². The first-order chi connectivity index (χ1) is 16.0. The Morgan fingerprint density at radius 2 is 2.00 bits per heavy atom. The van der Waals surface area contributed by atoms with Gasteiger partial charge in [0.1, 0.15) is 5.69 Å². The number of benzene rings is 1. The summed E-state index contributed by atoms with van der Waals surface area (Å²) < 4.78 is 16.3. The molecule has 0 bridgehead atoms. The summed E-state index contributed by atoms with van der Waals surface area (Å²) in [6.07, 6.45) is 5.77. The molecule has 0 aliphatic carbocycles. The minimum absolute atomic E-state index is 0.0135. The number of carbonyl (C=O) groups is 2. The first kappa shape index (κ1) is 24.4. The highest BCUT2D eigenvalue weighted by Crippen LogP contribution is 2.27. The molecule has 178 valence electrons. The van der Waals surface area contributed by atoms with Crippen molar-refractivity contribution in [3.63, 3.8) is 0 Å². The fourth-order valence-corrected chi connectivity index (χ4v) is 3.68. The molecular formula is C24H32N4O5. The zero-order chi connectivity index (χ0) is 23.6. The van der Waals surface area contributed by atoms with Crippen LogP contribution in [0.15, 0.2) is 30.6 Å². The molecule has 3 rings (SSSR count). The van der Waals surface area contributed by atoms with E-state index in [-0.39, 0.29) is 36.6 Å². The predicted molar refractivity (Wildman–Crippen MR) is 123 cm³/mol. The molecule has 1 aromatic heterocycles. The summed E-state index contributed by atoms with van der Waals surface area (Å²) in [6, 6.07) is 5.69. The average molecular weight is 457 g/mol. The van der Waals surface area contributed by atoms with E-state index in [1.807, 2.05) is 25.1 Å². The number of amides is 2. The zero-order valence-corrected chi connectivity index (χ0v) is 19.5. The van der Waals surface area contributed by atoms with Gasteiger partial charge in [-0.1, -0.05) is 6.07 Å². The highest BCUT2D eigenvalue weighted by atomic mass is 16.5. The van der Waals surface area contributed by atoms with Gasteiger partial charge in [-0.05, 0) is 43.9 Å². The third-order valence-corrected chi connectivity index (χ3v) is 5.53. The Kier molecular flexibility index (Phi) is 9.00. The van der Waals surface area contributed by atoms with Crippen LogP contribution in [-0.4, -0.2) is 73.2 Å². The third-order valence-electron chi connectivity index (χ3n) is 5.53. The second kappa shape index (κ2) is 12.2. The van der Waals surface area contributed by atoms with Crippen molar-refractivity contribution in [1.82, 2.24) is 20.2 Å². The van der Waals surface area contributed by atoms with E-state index in [1.54, 1.807) is 25.3 Å². The lowest BCUT2D eigenvalue weighted by molar-refractivity contribution is -0.121. The molecule has 1 aliphatic rings. The summed E-state index contributed by atoms with van der Waals surface area (Å²) in [5.74, 6) is 0.968. The number of nitrogens with one attached hydrogen (secondary N) is 1. The van der Waals surface area contributed by atoms with E-state index >= 15 is 0 Å². The van der Waals surface area contributed by atoms with Crippen LogP contribution in [0.25, 0.3) is 0 Å². The largest absolute Gasteiger partial charge is 0.493 e. The molecule has 2 heterocycles. The Bertz CT molecular complexity index is 929. The van der Waals surface area contributed by atoms with Gasteiger partial charge in [0, 0.05) is 38.9 Å². The molecule has 1 unspecified atom stereocenters. The maximum atomic E-state index is 13.0. The van der Waals surface area contributed by atoms with Crippen molar-refractivity contribution in [3.8, 4) is 11.5 Å². The molecule has 33 heavy (non-hydrogen) atoms. The van der Waals surface area contributed by atoms with Crippen LogP contribution >= 0.6 is 0 Å². The second-order valence-electron chi connectivity index (χ2n) is 7.97. The minimum atomic E-state index is -0.240. The summed E-state index contributed by atoms with van der Waals surface area (Å²) in [5.41, 5.74) is 2.04. The molecule has 1 aromatic carbocycles. The fraction of sp³-hybridized carbons (Fsp3) is 0.500. The normalized spacial score (nSPS) is 15.2. The van der Waals surface area contributed by atoms with Crippen LogP contribution < -0.4 is 14.8 Å².